The number of ether oxygens (including phenoxy) is 3. The number of carboxylic acids is 1. The molecule has 2 N–H and O–H groups in total. The van der Waals surface area contributed by atoms with Crippen LogP contribution in [0.2, 0.25) is 0 Å². The number of nitrogens with zero attached hydrogens (tertiary/aromatic N) is 1. The molecule has 8 rings (SSSR count). The molecular formula is C37H57NO7. The molecule has 0 aromatic rings. The first-order valence-electron chi connectivity index (χ1n) is 18.4. The Labute approximate surface area is 269 Å². The number of aliphatic carboxylic acids is 1. The number of aliphatic hydroxyl groups excluding tert-OH is 1. The van der Waals surface area contributed by atoms with E-state index in [1.54, 1.807) is 0 Å². The highest BCUT2D eigenvalue weighted by molar-refractivity contribution is 5.76. The lowest BCUT2D eigenvalue weighted by Crippen LogP contribution is -2.60. The highest BCUT2D eigenvalue weighted by atomic mass is 16.7. The average molecular weight is 628 g/mol. The van der Waals surface area contributed by atoms with Crippen molar-refractivity contribution in [3.05, 3.63) is 0 Å². The summed E-state index contributed by atoms with van der Waals surface area (Å²) in [5, 5.41) is 21.8. The van der Waals surface area contributed by atoms with E-state index in [4.69, 9.17) is 14.2 Å². The van der Waals surface area contributed by atoms with Gasteiger partial charge in [-0.1, -0.05) is 34.6 Å². The quantitative estimate of drug-likeness (QED) is 0.393. The molecule has 6 aliphatic carbocycles. The van der Waals surface area contributed by atoms with Crippen LogP contribution in [0.15, 0.2) is 0 Å². The molecule has 2 aliphatic heterocycles. The van der Waals surface area contributed by atoms with E-state index in [-0.39, 0.29) is 64.5 Å². The SMILES string of the molecule is C[C@@H]1C[C@H](CC(=O)O)O[C@H]2[C@H]1[C@@]1(C)CC[C@@]34CC35CC[C@H](O[C@H]3CN(C(=O)CC6CC6)CCO3)C(C)(C)[C@@H]5CC[C@H]4[C@]1(C)[C@H]2O. The van der Waals surface area contributed by atoms with E-state index < -0.39 is 12.1 Å². The predicted octanol–water partition coefficient (Wildman–Crippen LogP) is 5.64. The first-order chi connectivity index (χ1) is 21.3. The van der Waals surface area contributed by atoms with E-state index in [0.29, 0.717) is 55.2 Å². The molecule has 2 heterocycles. The summed E-state index contributed by atoms with van der Waals surface area (Å²) in [6.07, 6.45) is 10.5. The molecule has 0 bridgehead atoms. The molecule has 45 heavy (non-hydrogen) atoms. The largest absolute Gasteiger partial charge is 0.481 e. The van der Waals surface area contributed by atoms with Crippen LogP contribution in [0.3, 0.4) is 0 Å². The molecule has 8 nitrogen and oxygen atoms in total. The number of hydrogen-bond acceptors (Lipinski definition) is 6. The third-order valence-electron chi connectivity index (χ3n) is 16.1. The highest BCUT2D eigenvalue weighted by Gasteiger charge is 2.84. The minimum absolute atomic E-state index is 0.00198. The smallest absolute Gasteiger partial charge is 0.305 e. The summed E-state index contributed by atoms with van der Waals surface area (Å²) in [5.41, 5.74) is 0.300. The number of amides is 1. The summed E-state index contributed by atoms with van der Waals surface area (Å²) in [4.78, 5) is 26.4. The molecule has 252 valence electrons. The zero-order valence-corrected chi connectivity index (χ0v) is 28.3. The van der Waals surface area contributed by atoms with E-state index in [1.807, 2.05) is 4.90 Å². The van der Waals surface area contributed by atoms with Gasteiger partial charge in [0.15, 0.2) is 6.29 Å². The molecule has 2 spiro atoms. The van der Waals surface area contributed by atoms with Crippen LogP contribution < -0.4 is 0 Å². The first kappa shape index (κ1) is 31.1. The molecule has 8 heteroatoms. The van der Waals surface area contributed by atoms with E-state index in [9.17, 15) is 19.8 Å². The summed E-state index contributed by atoms with van der Waals surface area (Å²) in [7, 11) is 0. The van der Waals surface area contributed by atoms with Crippen LogP contribution in [-0.4, -0.2) is 77.4 Å². The van der Waals surface area contributed by atoms with Gasteiger partial charge < -0.3 is 29.3 Å². The Bertz CT molecular complexity index is 1240. The first-order valence-corrected chi connectivity index (χ1v) is 18.4. The zero-order valence-electron chi connectivity index (χ0n) is 28.3. The van der Waals surface area contributed by atoms with Gasteiger partial charge in [0.2, 0.25) is 5.91 Å². The van der Waals surface area contributed by atoms with Crippen molar-refractivity contribution in [1.29, 1.82) is 0 Å². The van der Waals surface area contributed by atoms with Crippen molar-refractivity contribution < 1.29 is 34.0 Å². The Morgan fingerprint density at radius 3 is 2.42 bits per heavy atom. The third kappa shape index (κ3) is 4.22. The molecule has 0 aromatic heterocycles. The Balaban J connectivity index is 1.01. The number of hydrogen-bond donors (Lipinski definition) is 2. The summed E-state index contributed by atoms with van der Waals surface area (Å²) in [5.74, 6) is 1.66. The number of carbonyl (C=O) groups excluding carboxylic acids is 1. The summed E-state index contributed by atoms with van der Waals surface area (Å²) in [6.45, 7) is 13.8. The third-order valence-corrected chi connectivity index (χ3v) is 16.1. The second-order valence-electron chi connectivity index (χ2n) is 18.1. The number of aliphatic hydroxyl groups is 1. The maximum absolute atomic E-state index is 12.9. The molecule has 0 aromatic carbocycles. The molecule has 1 amide bonds. The lowest BCUT2D eigenvalue weighted by molar-refractivity contribution is -0.248. The van der Waals surface area contributed by atoms with Crippen molar-refractivity contribution in [1.82, 2.24) is 4.90 Å². The van der Waals surface area contributed by atoms with Crippen molar-refractivity contribution in [2.45, 2.75) is 142 Å². The molecule has 13 atom stereocenters. The van der Waals surface area contributed by atoms with Crippen LogP contribution in [0.25, 0.3) is 0 Å². The molecule has 8 fully saturated rings. The monoisotopic (exact) mass is 627 g/mol. The maximum Gasteiger partial charge on any atom is 0.305 e. The second kappa shape index (κ2) is 10.1. The maximum atomic E-state index is 12.9. The standard InChI is InChI=1S/C37H57NO7/c1-21-16-23(18-28(40)41)44-31-30(21)34(4)12-13-37-20-36(37)11-10-26(33(2,3)24(36)8-9-25(37)35(34,5)32(31)42)45-29-19-38(14-15-43-29)27(39)17-22-6-7-22/h21-26,29-32,42H,6-20H2,1-5H3,(H,40,41)/t21-,23-,24+,25+,26+,29+,30+,31+,32+,34-,35-,36?,37+/m1/s1. The Kier molecular flexibility index (Phi) is 7.01. The van der Waals surface area contributed by atoms with Crippen LogP contribution in [0.4, 0.5) is 0 Å². The summed E-state index contributed by atoms with van der Waals surface area (Å²) < 4.78 is 19.5. The van der Waals surface area contributed by atoms with E-state index >= 15 is 0 Å². The van der Waals surface area contributed by atoms with Gasteiger partial charge in [0.25, 0.3) is 0 Å². The van der Waals surface area contributed by atoms with E-state index in [1.165, 1.54) is 32.1 Å². The van der Waals surface area contributed by atoms with Crippen LogP contribution in [0.5, 0.6) is 0 Å². The Morgan fingerprint density at radius 1 is 0.956 bits per heavy atom. The molecule has 8 aliphatic rings. The normalized spacial score (nSPS) is 52.9. The molecule has 1 unspecified atom stereocenters. The number of carbonyl (C=O) groups is 2. The van der Waals surface area contributed by atoms with Crippen molar-refractivity contribution in [3.63, 3.8) is 0 Å². The molecule has 2 saturated heterocycles. The van der Waals surface area contributed by atoms with Gasteiger partial charge in [0, 0.05) is 18.4 Å². The fraction of sp³-hybridized carbons (Fsp3) is 0.946. The molecule has 6 saturated carbocycles. The number of fused-ring (bicyclic) bond motifs is 4. The van der Waals surface area contributed by atoms with Crippen LogP contribution in [0.1, 0.15) is 112 Å². The lowest BCUT2D eigenvalue weighted by atomic mass is 9.41. The van der Waals surface area contributed by atoms with Crippen molar-refractivity contribution in [2.75, 3.05) is 19.7 Å². The number of morpholine rings is 1. The van der Waals surface area contributed by atoms with Gasteiger partial charge in [0.1, 0.15) is 0 Å². The van der Waals surface area contributed by atoms with Crippen LogP contribution in [-0.2, 0) is 23.8 Å². The van der Waals surface area contributed by atoms with Gasteiger partial charge in [-0.05, 0) is 115 Å². The van der Waals surface area contributed by atoms with Crippen molar-refractivity contribution >= 4 is 11.9 Å². The van der Waals surface area contributed by atoms with Gasteiger partial charge in [-0.3, -0.25) is 9.59 Å². The van der Waals surface area contributed by atoms with E-state index in [0.717, 1.165) is 32.1 Å². The summed E-state index contributed by atoms with van der Waals surface area (Å²) in [6, 6.07) is 0. The molecule has 0 radical (unpaired) electrons. The Morgan fingerprint density at radius 2 is 1.69 bits per heavy atom. The van der Waals surface area contributed by atoms with Crippen LogP contribution in [0, 0.1) is 56.7 Å². The van der Waals surface area contributed by atoms with E-state index in [2.05, 4.69) is 34.6 Å². The van der Waals surface area contributed by atoms with Crippen molar-refractivity contribution in [3.8, 4) is 0 Å². The molecular weight excluding hydrogens is 570 g/mol. The van der Waals surface area contributed by atoms with Gasteiger partial charge in [-0.15, -0.1) is 0 Å². The average Bonchev–Trinajstić information content (AvgIpc) is 3.89. The van der Waals surface area contributed by atoms with Gasteiger partial charge >= 0.3 is 5.97 Å². The topological polar surface area (TPSA) is 106 Å². The minimum atomic E-state index is -0.818. The zero-order chi connectivity index (χ0) is 31.7. The van der Waals surface area contributed by atoms with Gasteiger partial charge in [0.05, 0.1) is 44.0 Å². The fourth-order valence-corrected chi connectivity index (χ4v) is 13.8. The minimum Gasteiger partial charge on any atom is -0.481 e. The number of carboxylic acid groups (broad SMARTS) is 1. The second-order valence-corrected chi connectivity index (χ2v) is 18.1. The number of rotatable bonds is 6. The highest BCUT2D eigenvalue weighted by Crippen LogP contribution is 2.89. The van der Waals surface area contributed by atoms with Crippen LogP contribution >= 0.6 is 0 Å². The van der Waals surface area contributed by atoms with Gasteiger partial charge in [-0.25, -0.2) is 0 Å². The lowest BCUT2D eigenvalue weighted by Gasteiger charge is -2.64. The predicted molar refractivity (Wildman–Crippen MR) is 167 cm³/mol. The summed E-state index contributed by atoms with van der Waals surface area (Å²) >= 11 is 0. The fourth-order valence-electron chi connectivity index (χ4n) is 13.8. The Hall–Kier alpha value is -1.22. The van der Waals surface area contributed by atoms with Gasteiger partial charge in [-0.2, -0.15) is 0 Å². The van der Waals surface area contributed by atoms with Crippen molar-refractivity contribution in [2.24, 2.45) is 56.7 Å².